The van der Waals surface area contributed by atoms with E-state index < -0.39 is 0 Å². The molecule has 4 aromatic carbocycles. The molecule has 0 spiro atoms. The first-order valence-corrected chi connectivity index (χ1v) is 21.3. The first kappa shape index (κ1) is 37.7. The molecule has 254 valence electrons. The minimum absolute atomic E-state index is 1.18. The Morgan fingerprint density at radius 1 is 0.348 bits per heavy atom. The van der Waals surface area contributed by atoms with Crippen LogP contribution in [0, 0.1) is 0 Å². The molecule has 46 heavy (non-hydrogen) atoms. The van der Waals surface area contributed by atoms with Crippen LogP contribution in [0.4, 0.5) is 0 Å². The fraction of sp³-hybridized carbons (Fsp3) is 0.636. The lowest BCUT2D eigenvalue weighted by Crippen LogP contribution is -1.95. The van der Waals surface area contributed by atoms with Gasteiger partial charge in [-0.1, -0.05) is 211 Å². The average molecular weight is 753 g/mol. The van der Waals surface area contributed by atoms with E-state index in [4.69, 9.17) is 0 Å². The Bertz CT molecular complexity index is 1290. The Morgan fingerprint density at radius 2 is 0.609 bits per heavy atom. The van der Waals surface area contributed by atoms with E-state index in [2.05, 4.69) is 82.1 Å². The molecule has 0 aliphatic heterocycles. The van der Waals surface area contributed by atoms with Gasteiger partial charge < -0.3 is 0 Å². The third kappa shape index (κ3) is 11.5. The van der Waals surface area contributed by atoms with E-state index in [-0.39, 0.29) is 0 Å². The number of hydrogen-bond acceptors (Lipinski definition) is 0. The van der Waals surface area contributed by atoms with E-state index in [1.165, 1.54) is 219 Å². The number of halogens is 2. The second-order valence-electron chi connectivity index (χ2n) is 14.4. The van der Waals surface area contributed by atoms with Gasteiger partial charge >= 0.3 is 0 Å². The van der Waals surface area contributed by atoms with Gasteiger partial charge in [0.25, 0.3) is 0 Å². The minimum atomic E-state index is 1.18. The number of benzene rings is 4. The molecule has 0 N–H and O–H groups in total. The van der Waals surface area contributed by atoms with Gasteiger partial charge in [0.1, 0.15) is 0 Å². The van der Waals surface area contributed by atoms with Crippen LogP contribution in [0.1, 0.15) is 179 Å². The Morgan fingerprint density at radius 3 is 0.913 bits per heavy atom. The van der Waals surface area contributed by atoms with Crippen molar-refractivity contribution in [3.05, 3.63) is 56.5 Å². The summed E-state index contributed by atoms with van der Waals surface area (Å²) in [6.45, 7) is 4.61. The van der Waals surface area contributed by atoms with Crippen molar-refractivity contribution < 1.29 is 0 Å². The van der Waals surface area contributed by atoms with Gasteiger partial charge in [-0.15, -0.1) is 0 Å². The summed E-state index contributed by atoms with van der Waals surface area (Å²) in [7, 11) is 0. The Labute approximate surface area is 299 Å². The molecule has 0 radical (unpaired) electrons. The van der Waals surface area contributed by atoms with Crippen LogP contribution in [0.2, 0.25) is 0 Å². The average Bonchev–Trinajstić information content (AvgIpc) is 3.06. The molecule has 0 saturated heterocycles. The molecule has 0 bridgehead atoms. The maximum absolute atomic E-state index is 3.99. The molecule has 4 aromatic rings. The zero-order valence-corrected chi connectivity index (χ0v) is 32.8. The standard InChI is InChI=1S/C44H64Br2/c1-3-5-7-9-11-13-15-17-19-21-23-25-27-35-33-41(45)39-32-30-38-36(34-42(46)40-31-29-37(35)43(39)44(38)40)28-26-24-22-20-18-16-14-12-10-8-6-4-2/h29-34H,3-28H2,1-2H3. The van der Waals surface area contributed by atoms with E-state index in [0.29, 0.717) is 0 Å². The molecule has 2 heteroatoms. The van der Waals surface area contributed by atoms with Gasteiger partial charge in [-0.3, -0.25) is 0 Å². The summed E-state index contributed by atoms with van der Waals surface area (Å²) in [5.41, 5.74) is 3.03. The summed E-state index contributed by atoms with van der Waals surface area (Å²) in [6, 6.07) is 14.4. The van der Waals surface area contributed by atoms with Gasteiger partial charge in [-0.05, 0) is 81.3 Å². The van der Waals surface area contributed by atoms with Gasteiger partial charge in [0, 0.05) is 8.95 Å². The van der Waals surface area contributed by atoms with E-state index in [1.54, 1.807) is 0 Å². The number of aryl methyl sites for hydroxylation is 2. The van der Waals surface area contributed by atoms with Crippen LogP contribution in [0.5, 0.6) is 0 Å². The SMILES string of the molecule is CCCCCCCCCCCCCCc1cc(Br)c2ccc3c(CCCCCCCCCCCCCC)cc(Br)c4ccc1c2c43. The Balaban J connectivity index is 1.29. The maximum Gasteiger partial charge on any atom is 0.0257 e. The lowest BCUT2D eigenvalue weighted by molar-refractivity contribution is 0.544. The molecule has 0 atom stereocenters. The van der Waals surface area contributed by atoms with E-state index >= 15 is 0 Å². The predicted molar refractivity (Wildman–Crippen MR) is 215 cm³/mol. The van der Waals surface area contributed by atoms with Crippen molar-refractivity contribution in [2.24, 2.45) is 0 Å². The van der Waals surface area contributed by atoms with Crippen LogP contribution in [0.3, 0.4) is 0 Å². The summed E-state index contributed by atoms with van der Waals surface area (Å²) >= 11 is 7.98. The first-order chi connectivity index (χ1) is 22.7. The highest BCUT2D eigenvalue weighted by Gasteiger charge is 2.17. The van der Waals surface area contributed by atoms with Gasteiger partial charge in [0.15, 0.2) is 0 Å². The molecule has 0 aliphatic carbocycles. The topological polar surface area (TPSA) is 0 Å². The summed E-state index contributed by atoms with van der Waals surface area (Å²) < 4.78 is 2.51. The quantitative estimate of drug-likeness (QED) is 0.0443. The zero-order chi connectivity index (χ0) is 32.4. The molecule has 0 aliphatic rings. The van der Waals surface area contributed by atoms with Gasteiger partial charge in [0.2, 0.25) is 0 Å². The molecule has 4 rings (SSSR count). The fourth-order valence-corrected chi connectivity index (χ4v) is 8.99. The molecule has 0 amide bonds. The van der Waals surface area contributed by atoms with Crippen molar-refractivity contribution in [2.75, 3.05) is 0 Å². The van der Waals surface area contributed by atoms with E-state index in [0.717, 1.165) is 0 Å². The first-order valence-electron chi connectivity index (χ1n) is 19.7. The highest BCUT2D eigenvalue weighted by molar-refractivity contribution is 9.11. The summed E-state index contributed by atoms with van der Waals surface area (Å²) in [4.78, 5) is 0. The molecule has 0 heterocycles. The molecule has 0 unspecified atom stereocenters. The summed E-state index contributed by atoms with van der Waals surface area (Å²) in [5.74, 6) is 0. The Kier molecular flexibility index (Phi) is 17.8. The molecular weight excluding hydrogens is 688 g/mol. The molecule has 0 fully saturated rings. The fourth-order valence-electron chi connectivity index (χ4n) is 7.77. The van der Waals surface area contributed by atoms with Crippen molar-refractivity contribution >= 4 is 64.2 Å². The molecule has 0 nitrogen and oxygen atoms in total. The lowest BCUT2D eigenvalue weighted by Gasteiger charge is -2.18. The van der Waals surface area contributed by atoms with Crippen LogP contribution in [0.15, 0.2) is 45.3 Å². The van der Waals surface area contributed by atoms with Crippen molar-refractivity contribution in [3.8, 4) is 0 Å². The second kappa shape index (κ2) is 21.8. The molecular formula is C44H64Br2. The van der Waals surface area contributed by atoms with E-state index in [1.807, 2.05) is 0 Å². The van der Waals surface area contributed by atoms with Crippen molar-refractivity contribution in [3.63, 3.8) is 0 Å². The van der Waals surface area contributed by atoms with Crippen LogP contribution in [-0.2, 0) is 12.8 Å². The Hall–Kier alpha value is -1.12. The summed E-state index contributed by atoms with van der Waals surface area (Å²) in [6.07, 6.45) is 36.0. The lowest BCUT2D eigenvalue weighted by atomic mass is 9.88. The highest BCUT2D eigenvalue weighted by Crippen LogP contribution is 2.43. The van der Waals surface area contributed by atoms with Crippen molar-refractivity contribution in [2.45, 2.75) is 181 Å². The number of unbranched alkanes of at least 4 members (excludes halogenated alkanes) is 22. The second-order valence-corrected chi connectivity index (χ2v) is 16.1. The monoisotopic (exact) mass is 750 g/mol. The van der Waals surface area contributed by atoms with Crippen molar-refractivity contribution in [1.29, 1.82) is 0 Å². The van der Waals surface area contributed by atoms with Gasteiger partial charge in [0.05, 0.1) is 0 Å². The zero-order valence-electron chi connectivity index (χ0n) is 29.6. The number of hydrogen-bond donors (Lipinski definition) is 0. The van der Waals surface area contributed by atoms with Gasteiger partial charge in [-0.25, -0.2) is 0 Å². The van der Waals surface area contributed by atoms with Crippen LogP contribution in [0.25, 0.3) is 32.3 Å². The van der Waals surface area contributed by atoms with E-state index in [9.17, 15) is 0 Å². The predicted octanol–water partition coefficient (Wildman–Crippen LogP) is 16.6. The number of rotatable bonds is 26. The van der Waals surface area contributed by atoms with Crippen LogP contribution in [-0.4, -0.2) is 0 Å². The molecule has 0 saturated carbocycles. The normalized spacial score (nSPS) is 12.0. The van der Waals surface area contributed by atoms with Crippen molar-refractivity contribution in [1.82, 2.24) is 0 Å². The van der Waals surface area contributed by atoms with Crippen LogP contribution < -0.4 is 0 Å². The minimum Gasteiger partial charge on any atom is -0.0654 e. The highest BCUT2D eigenvalue weighted by atomic mass is 79.9. The largest absolute Gasteiger partial charge is 0.0654 e. The third-order valence-corrected chi connectivity index (χ3v) is 11.9. The van der Waals surface area contributed by atoms with Gasteiger partial charge in [-0.2, -0.15) is 0 Å². The third-order valence-electron chi connectivity index (χ3n) is 10.6. The van der Waals surface area contributed by atoms with Crippen LogP contribution >= 0.6 is 31.9 Å². The summed E-state index contributed by atoms with van der Waals surface area (Å²) in [5, 5.41) is 8.59. The smallest absolute Gasteiger partial charge is 0.0257 e. The molecule has 0 aromatic heterocycles. The maximum atomic E-state index is 3.99.